The molecule has 0 spiro atoms. The van der Waals surface area contributed by atoms with E-state index in [0.29, 0.717) is 29.4 Å². The normalized spacial score (nSPS) is 10.3. The topological polar surface area (TPSA) is 114 Å². The van der Waals surface area contributed by atoms with Gasteiger partial charge in [0.2, 0.25) is 0 Å². The van der Waals surface area contributed by atoms with Gasteiger partial charge in [0.15, 0.2) is 11.5 Å². The van der Waals surface area contributed by atoms with Gasteiger partial charge in [-0.05, 0) is 35.4 Å². The Hall–Kier alpha value is -4.20. The zero-order valence-corrected chi connectivity index (χ0v) is 17.6. The maximum absolute atomic E-state index is 12.9. The predicted octanol–water partition coefficient (Wildman–Crippen LogP) is 3.87. The highest BCUT2D eigenvalue weighted by Crippen LogP contribution is 2.34. The number of carbonyl (C=O) groups is 2. The Labute approximate surface area is 185 Å². The molecule has 0 unspecified atom stereocenters. The molecule has 3 aromatic rings. The molecular weight excluding hydrogens is 414 g/mol. The van der Waals surface area contributed by atoms with Crippen LogP contribution in [0.5, 0.6) is 23.0 Å². The number of amides is 1. The first-order valence-corrected chi connectivity index (χ1v) is 9.69. The lowest BCUT2D eigenvalue weighted by molar-refractivity contribution is -0.136. The first kappa shape index (κ1) is 22.5. The molecule has 8 heteroatoms. The summed E-state index contributed by atoms with van der Waals surface area (Å²) in [5, 5.41) is 22.1. The molecule has 1 amide bonds. The van der Waals surface area contributed by atoms with Crippen molar-refractivity contribution >= 4 is 17.6 Å². The van der Waals surface area contributed by atoms with E-state index in [1.807, 2.05) is 30.3 Å². The van der Waals surface area contributed by atoms with Crippen LogP contribution in [0.3, 0.4) is 0 Å². The van der Waals surface area contributed by atoms with E-state index in [9.17, 15) is 19.8 Å². The quantitative estimate of drug-likeness (QED) is 0.466. The molecule has 0 heterocycles. The predicted molar refractivity (Wildman–Crippen MR) is 118 cm³/mol. The third-order valence-electron chi connectivity index (χ3n) is 4.66. The minimum absolute atomic E-state index is 0.0216. The number of phenolic OH excluding ortho intramolecular Hbond substituents is 1. The fourth-order valence-electron chi connectivity index (χ4n) is 3.06. The zero-order chi connectivity index (χ0) is 23.1. The van der Waals surface area contributed by atoms with Crippen molar-refractivity contribution in [3.63, 3.8) is 0 Å². The number of ether oxygens (including phenoxy) is 3. The van der Waals surface area contributed by atoms with Gasteiger partial charge in [-0.25, -0.2) is 0 Å². The van der Waals surface area contributed by atoms with E-state index in [1.54, 1.807) is 6.07 Å². The van der Waals surface area contributed by atoms with E-state index >= 15 is 0 Å². The molecule has 0 radical (unpaired) electrons. The van der Waals surface area contributed by atoms with Crippen LogP contribution in [-0.4, -0.2) is 36.3 Å². The molecule has 0 fully saturated rings. The van der Waals surface area contributed by atoms with Gasteiger partial charge in [-0.15, -0.1) is 0 Å². The van der Waals surface area contributed by atoms with E-state index in [0.717, 1.165) is 5.56 Å². The second-order valence-corrected chi connectivity index (χ2v) is 6.84. The van der Waals surface area contributed by atoms with Gasteiger partial charge in [-0.3, -0.25) is 9.59 Å². The highest BCUT2D eigenvalue weighted by atomic mass is 16.5. The number of hydrogen-bond acceptors (Lipinski definition) is 6. The molecule has 0 saturated heterocycles. The number of nitrogens with one attached hydrogen (secondary N) is 1. The lowest BCUT2D eigenvalue weighted by Crippen LogP contribution is -2.15. The molecule has 32 heavy (non-hydrogen) atoms. The number of rotatable bonds is 9. The van der Waals surface area contributed by atoms with Crippen molar-refractivity contribution in [1.29, 1.82) is 0 Å². The molecule has 3 aromatic carbocycles. The van der Waals surface area contributed by atoms with E-state index in [-0.39, 0.29) is 23.4 Å². The summed E-state index contributed by atoms with van der Waals surface area (Å²) >= 11 is 0. The van der Waals surface area contributed by atoms with Gasteiger partial charge in [0.05, 0.1) is 26.2 Å². The van der Waals surface area contributed by atoms with Gasteiger partial charge < -0.3 is 29.7 Å². The molecule has 8 nitrogen and oxygen atoms in total. The van der Waals surface area contributed by atoms with Gasteiger partial charge >= 0.3 is 5.97 Å². The summed E-state index contributed by atoms with van der Waals surface area (Å²) in [6.45, 7) is 0.297. The standard InChI is InChI=1S/C24H23NO7/c1-30-21-10-16(11-23(27)28)19(13-22(21)31-2)25-24(29)18-12-17(8-9-20(18)26)32-14-15-6-4-3-5-7-15/h3-10,12-13,26H,11,14H2,1-2H3,(H,25,29)(H,27,28). The van der Waals surface area contributed by atoms with E-state index in [2.05, 4.69) is 5.32 Å². The second kappa shape index (κ2) is 10.2. The van der Waals surface area contributed by atoms with Crippen LogP contribution in [0.15, 0.2) is 60.7 Å². The first-order chi connectivity index (χ1) is 15.4. The monoisotopic (exact) mass is 437 g/mol. The summed E-state index contributed by atoms with van der Waals surface area (Å²) in [7, 11) is 2.86. The number of methoxy groups -OCH3 is 2. The molecule has 0 atom stereocenters. The van der Waals surface area contributed by atoms with Crippen LogP contribution in [0.2, 0.25) is 0 Å². The Kier molecular flexibility index (Phi) is 7.17. The molecule has 3 N–H and O–H groups in total. The van der Waals surface area contributed by atoms with Crippen LogP contribution in [0, 0.1) is 0 Å². The second-order valence-electron chi connectivity index (χ2n) is 6.84. The van der Waals surface area contributed by atoms with Crippen LogP contribution in [0.25, 0.3) is 0 Å². The Balaban J connectivity index is 1.85. The fourth-order valence-corrected chi connectivity index (χ4v) is 3.06. The van der Waals surface area contributed by atoms with Gasteiger partial charge in [0.1, 0.15) is 18.1 Å². The van der Waals surface area contributed by atoms with Crippen molar-refractivity contribution in [3.05, 3.63) is 77.4 Å². The Morgan fingerprint density at radius 3 is 2.28 bits per heavy atom. The highest BCUT2D eigenvalue weighted by Gasteiger charge is 2.18. The van der Waals surface area contributed by atoms with E-state index < -0.39 is 11.9 Å². The minimum atomic E-state index is -1.08. The minimum Gasteiger partial charge on any atom is -0.507 e. The van der Waals surface area contributed by atoms with Crippen LogP contribution in [0.4, 0.5) is 5.69 Å². The molecule has 3 rings (SSSR count). The summed E-state index contributed by atoms with van der Waals surface area (Å²) in [5.41, 5.74) is 1.48. The van der Waals surface area contributed by atoms with E-state index in [1.165, 1.54) is 38.5 Å². The molecule has 0 aliphatic carbocycles. The Morgan fingerprint density at radius 2 is 1.62 bits per heavy atom. The first-order valence-electron chi connectivity index (χ1n) is 9.69. The maximum atomic E-state index is 12.9. The molecule has 0 aliphatic heterocycles. The van der Waals surface area contributed by atoms with Gasteiger partial charge in [0, 0.05) is 11.8 Å². The highest BCUT2D eigenvalue weighted by molar-refractivity contribution is 6.07. The van der Waals surface area contributed by atoms with Crippen molar-refractivity contribution in [2.45, 2.75) is 13.0 Å². The smallest absolute Gasteiger partial charge is 0.307 e. The molecule has 0 saturated carbocycles. The fraction of sp³-hybridized carbons (Fsp3) is 0.167. The van der Waals surface area contributed by atoms with Crippen LogP contribution >= 0.6 is 0 Å². The van der Waals surface area contributed by atoms with Crippen molar-refractivity contribution in [1.82, 2.24) is 0 Å². The van der Waals surface area contributed by atoms with Crippen LogP contribution < -0.4 is 19.5 Å². The molecule has 0 aliphatic rings. The third kappa shape index (κ3) is 5.48. The largest absolute Gasteiger partial charge is 0.507 e. The number of aromatic hydroxyl groups is 1. The van der Waals surface area contributed by atoms with Crippen LogP contribution in [-0.2, 0) is 17.8 Å². The summed E-state index contributed by atoms with van der Waals surface area (Å²) in [4.78, 5) is 24.2. The van der Waals surface area contributed by atoms with Crippen molar-refractivity contribution in [3.8, 4) is 23.0 Å². The van der Waals surface area contributed by atoms with Gasteiger partial charge in [0.25, 0.3) is 5.91 Å². The number of phenols is 1. The number of benzene rings is 3. The summed E-state index contributed by atoms with van der Waals surface area (Å²) < 4.78 is 16.2. The van der Waals surface area contributed by atoms with Crippen molar-refractivity contribution in [2.75, 3.05) is 19.5 Å². The lowest BCUT2D eigenvalue weighted by Gasteiger charge is -2.16. The molecule has 0 aromatic heterocycles. The Morgan fingerprint density at radius 1 is 0.938 bits per heavy atom. The third-order valence-corrected chi connectivity index (χ3v) is 4.66. The average molecular weight is 437 g/mol. The maximum Gasteiger partial charge on any atom is 0.307 e. The summed E-state index contributed by atoms with van der Waals surface area (Å²) in [5.74, 6) is -0.898. The lowest BCUT2D eigenvalue weighted by atomic mass is 10.1. The van der Waals surface area contributed by atoms with Crippen molar-refractivity contribution in [2.24, 2.45) is 0 Å². The molecular formula is C24H23NO7. The molecule has 166 valence electrons. The van der Waals surface area contributed by atoms with Crippen LogP contribution in [0.1, 0.15) is 21.5 Å². The summed E-state index contributed by atoms with van der Waals surface area (Å²) in [6.07, 6.45) is -0.345. The number of carboxylic acid groups (broad SMARTS) is 1. The number of carboxylic acids is 1. The number of hydrogen-bond donors (Lipinski definition) is 3. The number of anilines is 1. The zero-order valence-electron chi connectivity index (χ0n) is 17.6. The number of carbonyl (C=O) groups excluding carboxylic acids is 1. The van der Waals surface area contributed by atoms with Gasteiger partial charge in [-0.1, -0.05) is 30.3 Å². The van der Waals surface area contributed by atoms with Crippen molar-refractivity contribution < 1.29 is 34.0 Å². The Bertz CT molecular complexity index is 1110. The molecule has 0 bridgehead atoms. The van der Waals surface area contributed by atoms with E-state index in [4.69, 9.17) is 14.2 Å². The average Bonchev–Trinajstić information content (AvgIpc) is 2.79. The number of aliphatic carboxylic acids is 1. The SMILES string of the molecule is COc1cc(CC(=O)O)c(NC(=O)c2cc(OCc3ccccc3)ccc2O)cc1OC. The van der Waals surface area contributed by atoms with Gasteiger partial charge in [-0.2, -0.15) is 0 Å². The summed E-state index contributed by atoms with van der Waals surface area (Å²) in [6, 6.07) is 16.8.